The van der Waals surface area contributed by atoms with Gasteiger partial charge >= 0.3 is 0 Å². The van der Waals surface area contributed by atoms with Gasteiger partial charge in [-0.1, -0.05) is 0 Å². The first-order valence-corrected chi connectivity index (χ1v) is 6.71. The number of hydrogen-bond acceptors (Lipinski definition) is 3. The molecule has 2 rings (SSSR count). The molecule has 0 aromatic carbocycles. The fourth-order valence-electron chi connectivity index (χ4n) is 2.64. The number of imidazole rings is 1. The molecule has 18 heavy (non-hydrogen) atoms. The lowest BCUT2D eigenvalue weighted by Gasteiger charge is -2.38. The molecule has 0 aliphatic carbocycles. The third-order valence-electron chi connectivity index (χ3n) is 4.00. The predicted molar refractivity (Wildman–Crippen MR) is 72.6 cm³/mol. The number of nitrogens with one attached hydrogen (secondary N) is 1. The van der Waals surface area contributed by atoms with Gasteiger partial charge in [0.1, 0.15) is 0 Å². The maximum atomic E-state index is 5.80. The minimum absolute atomic E-state index is 0.0335. The molecule has 1 aliphatic heterocycles. The first-order chi connectivity index (χ1) is 8.36. The molecule has 0 spiro atoms. The Morgan fingerprint density at radius 3 is 2.83 bits per heavy atom. The average Bonchev–Trinajstić information content (AvgIpc) is 2.77. The Kier molecular flexibility index (Phi) is 3.52. The minimum atomic E-state index is -0.0566. The lowest BCUT2D eigenvalue weighted by Crippen LogP contribution is -2.39. The van der Waals surface area contributed by atoms with E-state index < -0.39 is 0 Å². The molecule has 0 bridgehead atoms. The van der Waals surface area contributed by atoms with Crippen molar-refractivity contribution in [2.75, 3.05) is 13.7 Å². The zero-order valence-electron chi connectivity index (χ0n) is 12.2. The van der Waals surface area contributed by atoms with Gasteiger partial charge in [0.2, 0.25) is 0 Å². The van der Waals surface area contributed by atoms with Crippen molar-refractivity contribution in [3.05, 3.63) is 18.2 Å². The lowest BCUT2D eigenvalue weighted by molar-refractivity contribution is -0.0697. The smallest absolute Gasteiger partial charge is 0.0951 e. The molecule has 102 valence electrons. The van der Waals surface area contributed by atoms with Crippen molar-refractivity contribution in [3.8, 4) is 0 Å². The van der Waals surface area contributed by atoms with Gasteiger partial charge in [-0.3, -0.25) is 0 Å². The topological polar surface area (TPSA) is 39.1 Å². The summed E-state index contributed by atoms with van der Waals surface area (Å²) in [7, 11) is 1.99. The predicted octanol–water partition coefficient (Wildman–Crippen LogP) is 2.47. The fourth-order valence-corrected chi connectivity index (χ4v) is 2.64. The van der Waals surface area contributed by atoms with E-state index in [4.69, 9.17) is 4.74 Å². The molecule has 1 aromatic rings. The molecule has 1 N–H and O–H groups in total. The number of rotatable bonds is 3. The van der Waals surface area contributed by atoms with Gasteiger partial charge in [0, 0.05) is 12.6 Å². The van der Waals surface area contributed by atoms with Crippen LogP contribution in [0.2, 0.25) is 0 Å². The fraction of sp³-hybridized carbons (Fsp3) is 0.786. The summed E-state index contributed by atoms with van der Waals surface area (Å²) < 4.78 is 8.12. The Balaban J connectivity index is 2.27. The monoisotopic (exact) mass is 251 g/mol. The Morgan fingerprint density at radius 1 is 1.50 bits per heavy atom. The largest absolute Gasteiger partial charge is 0.375 e. The highest BCUT2D eigenvalue weighted by molar-refractivity contribution is 5.12. The van der Waals surface area contributed by atoms with Crippen molar-refractivity contribution >= 4 is 0 Å². The number of ether oxygens (including phenoxy) is 1. The molecule has 0 amide bonds. The third kappa shape index (κ3) is 2.59. The van der Waals surface area contributed by atoms with E-state index in [1.54, 1.807) is 0 Å². The summed E-state index contributed by atoms with van der Waals surface area (Å²) in [4.78, 5) is 4.34. The van der Waals surface area contributed by atoms with Crippen molar-refractivity contribution in [2.45, 2.75) is 57.7 Å². The van der Waals surface area contributed by atoms with E-state index in [-0.39, 0.29) is 11.1 Å². The zero-order chi connectivity index (χ0) is 13.4. The van der Waals surface area contributed by atoms with Gasteiger partial charge in [0.15, 0.2) is 0 Å². The molecule has 2 heterocycles. The van der Waals surface area contributed by atoms with Crippen LogP contribution in [-0.2, 0) is 10.3 Å². The standard InChI is InChI=1S/C14H25N3O/c1-13(2)8-11(6-7-18-13)17-10-16-9-12(17)14(3,4)15-5/h9-11,15H,6-8H2,1-5H3. The number of aromatic nitrogens is 2. The summed E-state index contributed by atoms with van der Waals surface area (Å²) in [6.07, 6.45) is 6.03. The van der Waals surface area contributed by atoms with E-state index >= 15 is 0 Å². The first kappa shape index (κ1) is 13.6. The van der Waals surface area contributed by atoms with Crippen LogP contribution in [0.15, 0.2) is 12.5 Å². The summed E-state index contributed by atoms with van der Waals surface area (Å²) >= 11 is 0. The molecule has 1 fully saturated rings. The Labute approximate surface area is 110 Å². The quantitative estimate of drug-likeness (QED) is 0.897. The van der Waals surface area contributed by atoms with Gasteiger partial charge in [-0.25, -0.2) is 4.98 Å². The van der Waals surface area contributed by atoms with Gasteiger partial charge < -0.3 is 14.6 Å². The van der Waals surface area contributed by atoms with Crippen LogP contribution in [0, 0.1) is 0 Å². The van der Waals surface area contributed by atoms with E-state index in [2.05, 4.69) is 42.6 Å². The van der Waals surface area contributed by atoms with Crippen LogP contribution in [0.5, 0.6) is 0 Å². The molecule has 1 aliphatic rings. The van der Waals surface area contributed by atoms with Crippen molar-refractivity contribution in [1.29, 1.82) is 0 Å². The normalized spacial score (nSPS) is 24.2. The second-order valence-corrected chi connectivity index (χ2v) is 6.32. The van der Waals surface area contributed by atoms with Gasteiger partial charge in [-0.2, -0.15) is 0 Å². The van der Waals surface area contributed by atoms with Gasteiger partial charge in [0.25, 0.3) is 0 Å². The van der Waals surface area contributed by atoms with Crippen LogP contribution in [0.4, 0.5) is 0 Å². The lowest BCUT2D eigenvalue weighted by atomic mass is 9.92. The number of nitrogens with zero attached hydrogens (tertiary/aromatic N) is 2. The van der Waals surface area contributed by atoms with E-state index in [9.17, 15) is 0 Å². The van der Waals surface area contributed by atoms with Crippen LogP contribution in [-0.4, -0.2) is 28.8 Å². The summed E-state index contributed by atoms with van der Waals surface area (Å²) in [6, 6.07) is 0.485. The van der Waals surface area contributed by atoms with E-state index in [1.807, 2.05) is 19.6 Å². The highest BCUT2D eigenvalue weighted by Gasteiger charge is 2.32. The summed E-state index contributed by atoms with van der Waals surface area (Å²) in [5.41, 5.74) is 1.15. The Hall–Kier alpha value is -0.870. The molecule has 1 atom stereocenters. The van der Waals surface area contributed by atoms with E-state index in [0.29, 0.717) is 6.04 Å². The van der Waals surface area contributed by atoms with Crippen molar-refractivity contribution in [3.63, 3.8) is 0 Å². The summed E-state index contributed by atoms with van der Waals surface area (Å²) in [5, 5.41) is 3.35. The molecular formula is C14H25N3O. The van der Waals surface area contributed by atoms with Crippen molar-refractivity contribution < 1.29 is 4.74 Å². The zero-order valence-corrected chi connectivity index (χ0v) is 12.2. The van der Waals surface area contributed by atoms with Gasteiger partial charge in [0.05, 0.1) is 29.4 Å². The first-order valence-electron chi connectivity index (χ1n) is 6.71. The average molecular weight is 251 g/mol. The minimum Gasteiger partial charge on any atom is -0.375 e. The third-order valence-corrected chi connectivity index (χ3v) is 4.00. The Bertz CT molecular complexity index is 409. The molecule has 1 saturated heterocycles. The van der Waals surface area contributed by atoms with Gasteiger partial charge in [-0.05, 0) is 47.6 Å². The summed E-state index contributed by atoms with van der Waals surface area (Å²) in [5.74, 6) is 0. The van der Waals surface area contributed by atoms with E-state index in [1.165, 1.54) is 5.69 Å². The van der Waals surface area contributed by atoms with Crippen LogP contribution in [0.25, 0.3) is 0 Å². The molecule has 4 nitrogen and oxygen atoms in total. The van der Waals surface area contributed by atoms with Crippen LogP contribution in [0.3, 0.4) is 0 Å². The maximum Gasteiger partial charge on any atom is 0.0951 e. The molecule has 1 unspecified atom stereocenters. The van der Waals surface area contributed by atoms with Crippen molar-refractivity contribution in [2.24, 2.45) is 0 Å². The number of hydrogen-bond donors (Lipinski definition) is 1. The van der Waals surface area contributed by atoms with Crippen molar-refractivity contribution in [1.82, 2.24) is 14.9 Å². The van der Waals surface area contributed by atoms with Crippen LogP contribution < -0.4 is 5.32 Å². The maximum absolute atomic E-state index is 5.80. The highest BCUT2D eigenvalue weighted by atomic mass is 16.5. The highest BCUT2D eigenvalue weighted by Crippen LogP contribution is 2.34. The van der Waals surface area contributed by atoms with Crippen LogP contribution in [0.1, 0.15) is 52.3 Å². The molecule has 0 saturated carbocycles. The molecular weight excluding hydrogens is 226 g/mol. The Morgan fingerprint density at radius 2 is 2.22 bits per heavy atom. The summed E-state index contributed by atoms with van der Waals surface area (Å²) in [6.45, 7) is 9.53. The molecule has 1 aromatic heterocycles. The second kappa shape index (κ2) is 4.67. The van der Waals surface area contributed by atoms with Gasteiger partial charge in [-0.15, -0.1) is 0 Å². The molecule has 0 radical (unpaired) electrons. The molecule has 4 heteroatoms. The van der Waals surface area contributed by atoms with E-state index in [0.717, 1.165) is 19.4 Å². The second-order valence-electron chi connectivity index (χ2n) is 6.32. The van der Waals surface area contributed by atoms with Crippen LogP contribution >= 0.6 is 0 Å². The SMILES string of the molecule is CNC(C)(C)c1cncn1C1CCOC(C)(C)C1.